The van der Waals surface area contributed by atoms with Crippen molar-refractivity contribution in [1.82, 2.24) is 0 Å². The normalized spacial score (nSPS) is 24.1. The van der Waals surface area contributed by atoms with Crippen LogP contribution in [0, 0.1) is 21.8 Å². The van der Waals surface area contributed by atoms with E-state index in [1.807, 2.05) is 6.92 Å². The maximum Gasteiger partial charge on any atom is 0.292 e. The fourth-order valence-corrected chi connectivity index (χ4v) is 2.17. The Morgan fingerprint density at radius 1 is 1.56 bits per heavy atom. The molecule has 1 N–H and O–H groups in total. The van der Waals surface area contributed by atoms with E-state index in [9.17, 15) is 19.6 Å². The van der Waals surface area contributed by atoms with Gasteiger partial charge in [-0.15, -0.1) is 0 Å². The predicted octanol–water partition coefficient (Wildman–Crippen LogP) is 1.94. The number of nitro benzene ring substituents is 1. The molecule has 0 saturated carbocycles. The number of anilines is 1. The molecular formula is C12H15FN2O3. The van der Waals surface area contributed by atoms with Crippen molar-refractivity contribution >= 4 is 11.4 Å². The minimum absolute atomic E-state index is 0.127. The molecule has 1 aromatic carbocycles. The summed E-state index contributed by atoms with van der Waals surface area (Å²) in [5, 5.41) is 20.7. The number of hydrogen-bond acceptors (Lipinski definition) is 4. The van der Waals surface area contributed by atoms with Crippen molar-refractivity contribution < 1.29 is 14.4 Å². The number of aliphatic hydroxyl groups excluding tert-OH is 1. The molecule has 1 aliphatic rings. The summed E-state index contributed by atoms with van der Waals surface area (Å²) in [6, 6.07) is 3.39. The van der Waals surface area contributed by atoms with Gasteiger partial charge in [0.1, 0.15) is 11.5 Å². The van der Waals surface area contributed by atoms with Crippen LogP contribution in [0.5, 0.6) is 0 Å². The highest BCUT2D eigenvalue weighted by molar-refractivity contribution is 5.63. The summed E-state index contributed by atoms with van der Waals surface area (Å²) >= 11 is 0. The van der Waals surface area contributed by atoms with Crippen molar-refractivity contribution in [3.05, 3.63) is 34.1 Å². The number of nitrogens with zero attached hydrogens (tertiary/aromatic N) is 2. The lowest BCUT2D eigenvalue weighted by Gasteiger charge is -2.35. The van der Waals surface area contributed by atoms with Gasteiger partial charge >= 0.3 is 0 Å². The summed E-state index contributed by atoms with van der Waals surface area (Å²) in [7, 11) is 0. The fourth-order valence-electron chi connectivity index (χ4n) is 2.17. The Bertz CT molecular complexity index is 467. The number of halogens is 1. The summed E-state index contributed by atoms with van der Waals surface area (Å²) < 4.78 is 13.2. The summed E-state index contributed by atoms with van der Waals surface area (Å²) in [5.74, 6) is -0.349. The summed E-state index contributed by atoms with van der Waals surface area (Å²) in [6.07, 6.45) is 0.191. The van der Waals surface area contributed by atoms with Crippen LogP contribution in [0.4, 0.5) is 15.8 Å². The third-order valence-corrected chi connectivity index (χ3v) is 3.39. The number of piperidine rings is 1. The highest BCUT2D eigenvalue weighted by Gasteiger charge is 2.28. The molecule has 5 nitrogen and oxygen atoms in total. The SMILES string of the molecule is CC1CCN(c2cc(F)ccc2[N+](=O)[O-])CC1O. The van der Waals surface area contributed by atoms with E-state index in [0.717, 1.165) is 24.6 Å². The van der Waals surface area contributed by atoms with E-state index < -0.39 is 16.8 Å². The molecule has 1 saturated heterocycles. The minimum atomic E-state index is -0.540. The second kappa shape index (κ2) is 4.89. The lowest BCUT2D eigenvalue weighted by molar-refractivity contribution is -0.384. The molecule has 6 heteroatoms. The molecule has 0 bridgehead atoms. The topological polar surface area (TPSA) is 66.6 Å². The van der Waals surface area contributed by atoms with E-state index in [2.05, 4.69) is 0 Å². The largest absolute Gasteiger partial charge is 0.391 e. The Balaban J connectivity index is 2.32. The molecule has 2 atom stereocenters. The summed E-state index contributed by atoms with van der Waals surface area (Å²) in [4.78, 5) is 12.1. The fraction of sp³-hybridized carbons (Fsp3) is 0.500. The van der Waals surface area contributed by atoms with Crippen molar-refractivity contribution in [3.63, 3.8) is 0 Å². The maximum atomic E-state index is 13.2. The third kappa shape index (κ3) is 2.43. The Morgan fingerprint density at radius 2 is 2.28 bits per heavy atom. The molecule has 2 rings (SSSR count). The second-order valence-electron chi connectivity index (χ2n) is 4.67. The summed E-state index contributed by atoms with van der Waals surface area (Å²) in [5.41, 5.74) is 0.115. The zero-order valence-electron chi connectivity index (χ0n) is 10.0. The highest BCUT2D eigenvalue weighted by Crippen LogP contribution is 2.32. The quantitative estimate of drug-likeness (QED) is 0.647. The van der Waals surface area contributed by atoms with Crippen molar-refractivity contribution in [1.29, 1.82) is 0 Å². The number of nitro groups is 1. The predicted molar refractivity (Wildman–Crippen MR) is 65.1 cm³/mol. The highest BCUT2D eigenvalue weighted by atomic mass is 19.1. The van der Waals surface area contributed by atoms with E-state index >= 15 is 0 Å². The molecule has 2 unspecified atom stereocenters. The molecule has 0 radical (unpaired) electrons. The number of rotatable bonds is 2. The van der Waals surface area contributed by atoms with Gasteiger partial charge in [0.15, 0.2) is 0 Å². The van der Waals surface area contributed by atoms with Crippen LogP contribution in [0.2, 0.25) is 0 Å². The number of aliphatic hydroxyl groups is 1. The van der Waals surface area contributed by atoms with Crippen molar-refractivity contribution in [2.75, 3.05) is 18.0 Å². The van der Waals surface area contributed by atoms with Crippen molar-refractivity contribution in [2.24, 2.45) is 5.92 Å². The lowest BCUT2D eigenvalue weighted by atomic mass is 9.95. The first-order valence-electron chi connectivity index (χ1n) is 5.86. The first kappa shape index (κ1) is 12.8. The first-order valence-corrected chi connectivity index (χ1v) is 5.86. The van der Waals surface area contributed by atoms with Gasteiger partial charge in [-0.25, -0.2) is 4.39 Å². The Morgan fingerprint density at radius 3 is 2.89 bits per heavy atom. The zero-order valence-corrected chi connectivity index (χ0v) is 10.0. The molecule has 0 amide bonds. The summed E-state index contributed by atoms with van der Waals surface area (Å²) in [6.45, 7) is 2.82. The average molecular weight is 254 g/mol. The molecule has 0 aromatic heterocycles. The van der Waals surface area contributed by atoms with Crippen molar-refractivity contribution in [3.8, 4) is 0 Å². The molecule has 98 valence electrons. The Hall–Kier alpha value is -1.69. The van der Waals surface area contributed by atoms with Crippen LogP contribution in [0.3, 0.4) is 0 Å². The van der Waals surface area contributed by atoms with Gasteiger partial charge in [-0.1, -0.05) is 6.92 Å². The van der Waals surface area contributed by atoms with Crippen LogP contribution < -0.4 is 4.90 Å². The average Bonchev–Trinajstić information content (AvgIpc) is 2.32. The van der Waals surface area contributed by atoms with Crippen LogP contribution in [-0.2, 0) is 0 Å². The number of hydrogen-bond donors (Lipinski definition) is 1. The first-order chi connectivity index (χ1) is 8.49. The third-order valence-electron chi connectivity index (χ3n) is 3.39. The van der Waals surface area contributed by atoms with Crippen molar-refractivity contribution in [2.45, 2.75) is 19.4 Å². The lowest BCUT2D eigenvalue weighted by Crippen LogP contribution is -2.43. The van der Waals surface area contributed by atoms with Gasteiger partial charge in [-0.05, 0) is 18.4 Å². The minimum Gasteiger partial charge on any atom is -0.391 e. The van der Waals surface area contributed by atoms with Gasteiger partial charge in [0.05, 0.1) is 11.0 Å². The van der Waals surface area contributed by atoms with E-state index in [1.165, 1.54) is 0 Å². The number of β-amino-alcohol motifs (C(OH)–C–C–N with tert-alkyl or cyclic N) is 1. The van der Waals surface area contributed by atoms with Crippen LogP contribution in [-0.4, -0.2) is 29.2 Å². The Labute approximate surface area is 104 Å². The molecule has 1 fully saturated rings. The molecular weight excluding hydrogens is 239 g/mol. The molecule has 0 aliphatic carbocycles. The van der Waals surface area contributed by atoms with Gasteiger partial charge in [-0.2, -0.15) is 0 Å². The van der Waals surface area contributed by atoms with E-state index in [0.29, 0.717) is 13.1 Å². The van der Waals surface area contributed by atoms with E-state index in [1.54, 1.807) is 4.90 Å². The van der Waals surface area contributed by atoms with Gasteiger partial charge < -0.3 is 10.0 Å². The molecule has 1 aliphatic heterocycles. The van der Waals surface area contributed by atoms with Crippen LogP contribution in [0.1, 0.15) is 13.3 Å². The maximum absolute atomic E-state index is 13.2. The van der Waals surface area contributed by atoms with E-state index in [4.69, 9.17) is 0 Å². The van der Waals surface area contributed by atoms with Crippen LogP contribution in [0.25, 0.3) is 0 Å². The Kier molecular flexibility index (Phi) is 3.47. The molecule has 0 spiro atoms. The van der Waals surface area contributed by atoms with E-state index in [-0.39, 0.29) is 17.3 Å². The van der Waals surface area contributed by atoms with Gasteiger partial charge in [0.25, 0.3) is 5.69 Å². The smallest absolute Gasteiger partial charge is 0.292 e. The van der Waals surface area contributed by atoms with Crippen LogP contribution >= 0.6 is 0 Å². The molecule has 1 aromatic rings. The molecule has 18 heavy (non-hydrogen) atoms. The van der Waals surface area contributed by atoms with Crippen LogP contribution in [0.15, 0.2) is 18.2 Å². The van der Waals surface area contributed by atoms with Gasteiger partial charge in [0, 0.05) is 25.2 Å². The number of benzene rings is 1. The molecule has 1 heterocycles. The van der Waals surface area contributed by atoms with Gasteiger partial charge in [0.2, 0.25) is 0 Å². The second-order valence-corrected chi connectivity index (χ2v) is 4.67. The standard InChI is InChI=1S/C12H15FN2O3/c1-8-4-5-14(7-12(8)16)11-6-9(13)2-3-10(11)15(17)18/h2-3,6,8,12,16H,4-5,7H2,1H3. The monoisotopic (exact) mass is 254 g/mol. The zero-order chi connectivity index (χ0) is 13.3. The van der Waals surface area contributed by atoms with Gasteiger partial charge in [-0.3, -0.25) is 10.1 Å².